The van der Waals surface area contributed by atoms with Crippen molar-refractivity contribution in [1.82, 2.24) is 14.8 Å². The van der Waals surface area contributed by atoms with E-state index in [2.05, 4.69) is 51.5 Å². The van der Waals surface area contributed by atoms with Gasteiger partial charge in [0.15, 0.2) is 5.82 Å². The van der Waals surface area contributed by atoms with Crippen LogP contribution in [0.3, 0.4) is 0 Å². The van der Waals surface area contributed by atoms with Crippen molar-refractivity contribution < 1.29 is 4.74 Å². The first-order valence-corrected chi connectivity index (χ1v) is 6.67. The van der Waals surface area contributed by atoms with Crippen molar-refractivity contribution in [3.05, 3.63) is 11.6 Å². The summed E-state index contributed by atoms with van der Waals surface area (Å²) in [5, 5.41) is 9.19. The average Bonchev–Trinajstić information content (AvgIpc) is 2.72. The van der Waals surface area contributed by atoms with Crippen LogP contribution in [-0.4, -0.2) is 21.9 Å². The van der Waals surface area contributed by atoms with E-state index in [1.54, 1.807) is 7.11 Å². The zero-order chi connectivity index (χ0) is 12.3. The summed E-state index contributed by atoms with van der Waals surface area (Å²) in [6.45, 7) is 8.40. The molecule has 0 spiro atoms. The number of aromatic nitrogens is 3. The van der Waals surface area contributed by atoms with Crippen LogP contribution in [0.15, 0.2) is 0 Å². The Bertz CT molecular complexity index is 345. The first-order valence-electron chi connectivity index (χ1n) is 5.55. The van der Waals surface area contributed by atoms with Gasteiger partial charge in [0.2, 0.25) is 0 Å². The van der Waals surface area contributed by atoms with Crippen LogP contribution in [0.25, 0.3) is 0 Å². The fourth-order valence-corrected chi connectivity index (χ4v) is 2.09. The van der Waals surface area contributed by atoms with Gasteiger partial charge >= 0.3 is 0 Å². The lowest BCUT2D eigenvalue weighted by Gasteiger charge is -2.27. The highest BCUT2D eigenvalue weighted by Gasteiger charge is 2.32. The standard InChI is InChI=1S/C11H20BrN3O/c1-6-11(4,16-5)10-14-13-9(7-12)15(10)8(2)3/h8H,6-7H2,1-5H3. The van der Waals surface area contributed by atoms with E-state index in [0.717, 1.165) is 18.1 Å². The fraction of sp³-hybridized carbons (Fsp3) is 0.818. The molecule has 1 aromatic heterocycles. The van der Waals surface area contributed by atoms with Gasteiger partial charge in [0, 0.05) is 13.2 Å². The van der Waals surface area contributed by atoms with Gasteiger partial charge in [0.25, 0.3) is 0 Å². The second-order valence-corrected chi connectivity index (χ2v) is 4.89. The summed E-state index contributed by atoms with van der Waals surface area (Å²) in [6.07, 6.45) is 0.872. The molecule has 1 heterocycles. The summed E-state index contributed by atoms with van der Waals surface area (Å²) in [5.41, 5.74) is -0.363. The van der Waals surface area contributed by atoms with E-state index in [4.69, 9.17) is 4.74 Å². The van der Waals surface area contributed by atoms with Gasteiger partial charge in [-0.25, -0.2) is 0 Å². The van der Waals surface area contributed by atoms with Crippen LogP contribution in [0.1, 0.15) is 51.8 Å². The number of rotatable bonds is 5. The Labute approximate surface area is 106 Å². The first-order chi connectivity index (χ1) is 7.50. The van der Waals surface area contributed by atoms with E-state index in [0.29, 0.717) is 11.4 Å². The maximum absolute atomic E-state index is 5.58. The van der Waals surface area contributed by atoms with Crippen LogP contribution >= 0.6 is 15.9 Å². The molecule has 1 unspecified atom stereocenters. The van der Waals surface area contributed by atoms with E-state index in [1.807, 2.05) is 6.92 Å². The minimum absolute atomic E-state index is 0.332. The largest absolute Gasteiger partial charge is 0.371 e. The minimum atomic E-state index is -0.363. The van der Waals surface area contributed by atoms with Crippen LogP contribution in [0.5, 0.6) is 0 Å². The van der Waals surface area contributed by atoms with Crippen molar-refractivity contribution >= 4 is 15.9 Å². The summed E-state index contributed by atoms with van der Waals surface area (Å²) >= 11 is 3.44. The molecule has 92 valence electrons. The predicted octanol–water partition coefficient (Wildman–Crippen LogP) is 3.03. The predicted molar refractivity (Wildman–Crippen MR) is 67.7 cm³/mol. The molecule has 1 rings (SSSR count). The Morgan fingerprint density at radius 3 is 2.44 bits per heavy atom. The highest BCUT2D eigenvalue weighted by Crippen LogP contribution is 2.29. The molecular formula is C11H20BrN3O. The van der Waals surface area contributed by atoms with Crippen LogP contribution in [0, 0.1) is 0 Å². The Kier molecular flexibility index (Phi) is 4.50. The second-order valence-electron chi connectivity index (χ2n) is 4.33. The third-order valence-corrected chi connectivity index (χ3v) is 3.50. The van der Waals surface area contributed by atoms with Crippen LogP contribution in [0.2, 0.25) is 0 Å². The van der Waals surface area contributed by atoms with Crippen molar-refractivity contribution in [3.8, 4) is 0 Å². The molecule has 0 N–H and O–H groups in total. The topological polar surface area (TPSA) is 39.9 Å². The third kappa shape index (κ3) is 2.30. The van der Waals surface area contributed by atoms with Crippen LogP contribution < -0.4 is 0 Å². The van der Waals surface area contributed by atoms with Crippen molar-refractivity contribution in [3.63, 3.8) is 0 Å². The molecule has 0 bridgehead atoms. The molecule has 0 aromatic carbocycles. The molecule has 0 saturated heterocycles. The summed E-state index contributed by atoms with van der Waals surface area (Å²) in [6, 6.07) is 0.332. The van der Waals surface area contributed by atoms with E-state index in [-0.39, 0.29) is 5.60 Å². The Morgan fingerprint density at radius 2 is 2.06 bits per heavy atom. The Morgan fingerprint density at radius 1 is 1.44 bits per heavy atom. The number of methoxy groups -OCH3 is 1. The average molecular weight is 290 g/mol. The highest BCUT2D eigenvalue weighted by atomic mass is 79.9. The molecule has 4 nitrogen and oxygen atoms in total. The van der Waals surface area contributed by atoms with E-state index >= 15 is 0 Å². The summed E-state index contributed by atoms with van der Waals surface area (Å²) in [4.78, 5) is 0. The number of ether oxygens (including phenoxy) is 1. The molecule has 0 fully saturated rings. The number of hydrogen-bond acceptors (Lipinski definition) is 3. The molecule has 1 atom stereocenters. The Hall–Kier alpha value is -0.420. The monoisotopic (exact) mass is 289 g/mol. The van der Waals surface area contributed by atoms with Crippen LogP contribution in [0.4, 0.5) is 0 Å². The smallest absolute Gasteiger partial charge is 0.165 e. The van der Waals surface area contributed by atoms with Gasteiger partial charge in [-0.3, -0.25) is 0 Å². The van der Waals surface area contributed by atoms with Crippen molar-refractivity contribution in [2.75, 3.05) is 7.11 Å². The van der Waals surface area contributed by atoms with Crippen molar-refractivity contribution in [2.45, 2.75) is 51.1 Å². The molecule has 0 saturated carbocycles. The molecule has 1 aromatic rings. The Balaban J connectivity index is 3.28. The zero-order valence-corrected chi connectivity index (χ0v) is 12.2. The van der Waals surface area contributed by atoms with E-state index in [1.165, 1.54) is 0 Å². The van der Waals surface area contributed by atoms with Gasteiger partial charge in [0.1, 0.15) is 11.4 Å². The lowest BCUT2D eigenvalue weighted by Crippen LogP contribution is -2.29. The van der Waals surface area contributed by atoms with Gasteiger partial charge in [-0.05, 0) is 27.2 Å². The molecular weight excluding hydrogens is 270 g/mol. The van der Waals surface area contributed by atoms with E-state index < -0.39 is 0 Å². The number of nitrogens with zero attached hydrogens (tertiary/aromatic N) is 3. The molecule has 0 radical (unpaired) electrons. The maximum atomic E-state index is 5.58. The molecule has 0 aliphatic carbocycles. The van der Waals surface area contributed by atoms with Crippen molar-refractivity contribution in [2.24, 2.45) is 0 Å². The maximum Gasteiger partial charge on any atom is 0.165 e. The molecule has 16 heavy (non-hydrogen) atoms. The van der Waals surface area contributed by atoms with Crippen LogP contribution in [-0.2, 0) is 15.7 Å². The summed E-state index contributed by atoms with van der Waals surface area (Å²) in [7, 11) is 1.72. The summed E-state index contributed by atoms with van der Waals surface area (Å²) < 4.78 is 7.72. The SMILES string of the molecule is CCC(C)(OC)c1nnc(CBr)n1C(C)C. The van der Waals surface area contributed by atoms with Gasteiger partial charge in [-0.15, -0.1) is 10.2 Å². The molecule has 0 amide bonds. The van der Waals surface area contributed by atoms with Gasteiger partial charge in [-0.2, -0.15) is 0 Å². The number of alkyl halides is 1. The lowest BCUT2D eigenvalue weighted by atomic mass is 10.0. The normalized spacial score (nSPS) is 15.4. The quantitative estimate of drug-likeness (QED) is 0.783. The second kappa shape index (κ2) is 5.27. The van der Waals surface area contributed by atoms with Gasteiger partial charge in [0.05, 0.1) is 5.33 Å². The van der Waals surface area contributed by atoms with E-state index in [9.17, 15) is 0 Å². The molecule has 0 aliphatic heterocycles. The fourth-order valence-electron chi connectivity index (χ4n) is 1.71. The minimum Gasteiger partial charge on any atom is -0.371 e. The zero-order valence-electron chi connectivity index (χ0n) is 10.6. The molecule has 5 heteroatoms. The third-order valence-electron chi connectivity index (χ3n) is 3.00. The number of halogens is 1. The summed E-state index contributed by atoms with van der Waals surface area (Å²) in [5.74, 6) is 1.85. The van der Waals surface area contributed by atoms with Gasteiger partial charge in [-0.1, -0.05) is 22.9 Å². The van der Waals surface area contributed by atoms with Gasteiger partial charge < -0.3 is 9.30 Å². The number of hydrogen-bond donors (Lipinski definition) is 0. The lowest BCUT2D eigenvalue weighted by molar-refractivity contribution is -0.0129. The molecule has 0 aliphatic rings. The van der Waals surface area contributed by atoms with Crippen molar-refractivity contribution in [1.29, 1.82) is 0 Å². The highest BCUT2D eigenvalue weighted by molar-refractivity contribution is 9.08. The first kappa shape index (κ1) is 13.6.